The van der Waals surface area contributed by atoms with E-state index in [2.05, 4.69) is 11.6 Å². The number of hydrogen-bond acceptors (Lipinski definition) is 4. The number of hydrogen-bond donors (Lipinski definition) is 2. The molecule has 0 spiro atoms. The van der Waals surface area contributed by atoms with Crippen LogP contribution in [-0.2, 0) is 4.74 Å². The maximum Gasteiger partial charge on any atom is 0.0897 e. The maximum absolute atomic E-state index is 9.97. The normalized spacial score (nSPS) is 30.6. The van der Waals surface area contributed by atoms with Crippen molar-refractivity contribution in [3.05, 3.63) is 0 Å². The molecule has 2 saturated carbocycles. The van der Waals surface area contributed by atoms with E-state index in [4.69, 9.17) is 4.74 Å². The van der Waals surface area contributed by atoms with Crippen molar-refractivity contribution < 1.29 is 9.84 Å². The Balaban J connectivity index is 1.56. The van der Waals surface area contributed by atoms with Gasteiger partial charge in [0.2, 0.25) is 0 Å². The van der Waals surface area contributed by atoms with Crippen LogP contribution in [0.4, 0.5) is 0 Å². The van der Waals surface area contributed by atoms with Crippen molar-refractivity contribution in [1.82, 2.24) is 5.32 Å². The van der Waals surface area contributed by atoms with E-state index in [9.17, 15) is 5.11 Å². The fourth-order valence-corrected chi connectivity index (χ4v) is 4.04. The Morgan fingerprint density at radius 2 is 2.00 bits per heavy atom. The van der Waals surface area contributed by atoms with Gasteiger partial charge in [0.15, 0.2) is 0 Å². The Hall–Kier alpha value is 0.230. The summed E-state index contributed by atoms with van der Waals surface area (Å²) in [6, 6.07) is 0.590. The Morgan fingerprint density at radius 3 is 2.74 bits per heavy atom. The second-order valence-electron chi connectivity index (χ2n) is 6.02. The van der Waals surface area contributed by atoms with Crippen molar-refractivity contribution in [3.8, 4) is 0 Å². The van der Waals surface area contributed by atoms with Gasteiger partial charge in [-0.2, -0.15) is 11.8 Å². The van der Waals surface area contributed by atoms with E-state index in [-0.39, 0.29) is 6.10 Å². The maximum atomic E-state index is 9.97. The van der Waals surface area contributed by atoms with Crippen LogP contribution in [-0.4, -0.2) is 48.0 Å². The number of rotatable bonds is 7. The van der Waals surface area contributed by atoms with E-state index in [0.717, 1.165) is 5.25 Å². The second kappa shape index (κ2) is 8.50. The average Bonchev–Trinajstić information content (AvgIpc) is 2.96. The molecule has 2 aliphatic rings. The Bertz CT molecular complexity index is 246. The van der Waals surface area contributed by atoms with Crippen LogP contribution in [0, 0.1) is 0 Å². The lowest BCUT2D eigenvalue weighted by Crippen LogP contribution is -2.41. The summed E-state index contributed by atoms with van der Waals surface area (Å²) in [5, 5.41) is 14.3. The molecular formula is C15H29NO2S. The molecular weight excluding hydrogens is 258 g/mol. The van der Waals surface area contributed by atoms with Gasteiger partial charge in [-0.25, -0.2) is 0 Å². The average molecular weight is 287 g/mol. The van der Waals surface area contributed by atoms with Crippen LogP contribution in [0.2, 0.25) is 0 Å². The number of aliphatic hydroxyl groups is 1. The molecule has 2 fully saturated rings. The van der Waals surface area contributed by atoms with Crippen LogP contribution in [0.25, 0.3) is 0 Å². The third kappa shape index (κ3) is 5.62. The third-order valence-electron chi connectivity index (χ3n) is 4.43. The second-order valence-corrected chi connectivity index (χ2v) is 7.16. The van der Waals surface area contributed by atoms with Crippen molar-refractivity contribution in [3.63, 3.8) is 0 Å². The standard InChI is InChI=1S/C15H29NO2S/c1-19-15-8-4-5-12(9-15)16-10-13(17)11-18-14-6-2-3-7-14/h12-17H,2-11H2,1H3. The molecule has 2 aliphatic carbocycles. The summed E-state index contributed by atoms with van der Waals surface area (Å²) in [5.41, 5.74) is 0. The Morgan fingerprint density at radius 1 is 1.21 bits per heavy atom. The van der Waals surface area contributed by atoms with E-state index in [1.165, 1.54) is 51.4 Å². The van der Waals surface area contributed by atoms with Crippen LogP contribution in [0.15, 0.2) is 0 Å². The first-order chi connectivity index (χ1) is 9.28. The first-order valence-electron chi connectivity index (χ1n) is 7.83. The molecule has 19 heavy (non-hydrogen) atoms. The zero-order valence-electron chi connectivity index (χ0n) is 12.1. The quantitative estimate of drug-likeness (QED) is 0.755. The van der Waals surface area contributed by atoms with Gasteiger partial charge in [0.05, 0.1) is 18.8 Å². The molecule has 4 heteroatoms. The molecule has 0 aromatic rings. The molecule has 0 aromatic carbocycles. The van der Waals surface area contributed by atoms with Crippen LogP contribution < -0.4 is 5.32 Å². The zero-order chi connectivity index (χ0) is 13.5. The predicted octanol–water partition coefficient (Wildman–Crippen LogP) is 2.57. The summed E-state index contributed by atoms with van der Waals surface area (Å²) < 4.78 is 5.75. The molecule has 0 aliphatic heterocycles. The third-order valence-corrected chi connectivity index (χ3v) is 5.52. The predicted molar refractivity (Wildman–Crippen MR) is 81.8 cm³/mol. The molecule has 3 nitrogen and oxygen atoms in total. The van der Waals surface area contributed by atoms with Crippen molar-refractivity contribution >= 4 is 11.8 Å². The van der Waals surface area contributed by atoms with Gasteiger partial charge in [-0.3, -0.25) is 0 Å². The minimum Gasteiger partial charge on any atom is -0.389 e. The number of ether oxygens (including phenoxy) is 1. The highest BCUT2D eigenvalue weighted by molar-refractivity contribution is 7.99. The smallest absolute Gasteiger partial charge is 0.0897 e. The van der Waals surface area contributed by atoms with Crippen LogP contribution in [0.1, 0.15) is 51.4 Å². The van der Waals surface area contributed by atoms with E-state index in [0.29, 0.717) is 25.3 Å². The van der Waals surface area contributed by atoms with Gasteiger partial charge in [-0.1, -0.05) is 19.3 Å². The lowest BCUT2D eigenvalue weighted by atomic mass is 9.95. The monoisotopic (exact) mass is 287 g/mol. The van der Waals surface area contributed by atoms with Gasteiger partial charge in [0.25, 0.3) is 0 Å². The first kappa shape index (κ1) is 15.6. The lowest BCUT2D eigenvalue weighted by Gasteiger charge is -2.29. The van der Waals surface area contributed by atoms with E-state index < -0.39 is 0 Å². The van der Waals surface area contributed by atoms with Gasteiger partial charge in [0.1, 0.15) is 0 Å². The summed E-state index contributed by atoms with van der Waals surface area (Å²) in [6.45, 7) is 1.18. The van der Waals surface area contributed by atoms with Crippen LogP contribution in [0.5, 0.6) is 0 Å². The molecule has 2 rings (SSSR count). The Kier molecular flexibility index (Phi) is 6.99. The summed E-state index contributed by atoms with van der Waals surface area (Å²) in [5.74, 6) is 0. The van der Waals surface area contributed by atoms with Crippen molar-refractivity contribution in [2.24, 2.45) is 0 Å². The molecule has 0 aromatic heterocycles. The van der Waals surface area contributed by atoms with E-state index >= 15 is 0 Å². The molecule has 0 bridgehead atoms. The van der Waals surface area contributed by atoms with E-state index in [1.54, 1.807) is 0 Å². The van der Waals surface area contributed by atoms with Gasteiger partial charge in [-0.05, 0) is 38.4 Å². The van der Waals surface area contributed by atoms with Gasteiger partial charge in [-0.15, -0.1) is 0 Å². The number of nitrogens with one attached hydrogen (secondary N) is 1. The topological polar surface area (TPSA) is 41.5 Å². The van der Waals surface area contributed by atoms with Gasteiger partial charge in [0, 0.05) is 17.8 Å². The summed E-state index contributed by atoms with van der Waals surface area (Å²) in [4.78, 5) is 0. The molecule has 0 heterocycles. The number of aliphatic hydroxyl groups excluding tert-OH is 1. The number of thioether (sulfide) groups is 1. The van der Waals surface area contributed by atoms with Crippen molar-refractivity contribution in [1.29, 1.82) is 0 Å². The molecule has 0 radical (unpaired) electrons. The van der Waals surface area contributed by atoms with Crippen LogP contribution in [0.3, 0.4) is 0 Å². The van der Waals surface area contributed by atoms with Gasteiger partial charge >= 0.3 is 0 Å². The summed E-state index contributed by atoms with van der Waals surface area (Å²) >= 11 is 1.98. The van der Waals surface area contributed by atoms with Crippen molar-refractivity contribution in [2.75, 3.05) is 19.4 Å². The highest BCUT2D eigenvalue weighted by Crippen LogP contribution is 2.26. The minimum atomic E-state index is -0.352. The first-order valence-corrected chi connectivity index (χ1v) is 9.12. The van der Waals surface area contributed by atoms with Gasteiger partial charge < -0.3 is 15.2 Å². The van der Waals surface area contributed by atoms with Crippen molar-refractivity contribution in [2.45, 2.75) is 74.9 Å². The molecule has 0 amide bonds. The van der Waals surface area contributed by atoms with Crippen LogP contribution >= 0.6 is 11.8 Å². The molecule has 112 valence electrons. The fraction of sp³-hybridized carbons (Fsp3) is 1.00. The Labute approximate surface area is 121 Å². The molecule has 3 atom stereocenters. The zero-order valence-corrected chi connectivity index (χ0v) is 13.0. The summed E-state index contributed by atoms with van der Waals surface area (Å²) in [7, 11) is 0. The fourth-order valence-electron chi connectivity index (χ4n) is 3.21. The SMILES string of the molecule is CSC1CCCC(NCC(O)COC2CCCC2)C1. The largest absolute Gasteiger partial charge is 0.389 e. The highest BCUT2D eigenvalue weighted by Gasteiger charge is 2.22. The molecule has 3 unspecified atom stereocenters. The summed E-state index contributed by atoms with van der Waals surface area (Å²) in [6.07, 6.45) is 12.4. The highest BCUT2D eigenvalue weighted by atomic mass is 32.2. The van der Waals surface area contributed by atoms with E-state index in [1.807, 2.05) is 11.8 Å². The molecule has 2 N–H and O–H groups in total. The molecule has 0 saturated heterocycles. The minimum absolute atomic E-state index is 0.352. The lowest BCUT2D eigenvalue weighted by molar-refractivity contribution is -0.00654.